The summed E-state index contributed by atoms with van der Waals surface area (Å²) in [6, 6.07) is 54.3. The van der Waals surface area contributed by atoms with E-state index in [4.69, 9.17) is 9.97 Å². The van der Waals surface area contributed by atoms with Gasteiger partial charge in [0.1, 0.15) is 0 Å². The minimum atomic E-state index is -0.100. The van der Waals surface area contributed by atoms with Crippen LogP contribution in [0.1, 0.15) is 72.2 Å². The summed E-state index contributed by atoms with van der Waals surface area (Å²) >= 11 is 0. The van der Waals surface area contributed by atoms with Gasteiger partial charge < -0.3 is 9.47 Å². The van der Waals surface area contributed by atoms with E-state index in [2.05, 4.69) is 216 Å². The van der Waals surface area contributed by atoms with Crippen molar-refractivity contribution in [2.24, 2.45) is 0 Å². The van der Waals surface area contributed by atoms with Crippen LogP contribution in [0.15, 0.2) is 164 Å². The second-order valence-corrected chi connectivity index (χ2v) is 16.7. The highest BCUT2D eigenvalue weighted by Crippen LogP contribution is 2.41. The van der Waals surface area contributed by atoms with Gasteiger partial charge in [0, 0.05) is 45.0 Å². The largest absolute Gasteiger partial charge is 0.314 e. The van der Waals surface area contributed by atoms with Crippen molar-refractivity contribution in [1.82, 2.24) is 14.5 Å². The summed E-state index contributed by atoms with van der Waals surface area (Å²) in [6.45, 7) is 21.0. The molecule has 0 radical (unpaired) electrons. The number of fused-ring (bicyclic) bond motifs is 2. The maximum atomic E-state index is 5.54. The number of aromatic nitrogens is 3. The first-order valence-electron chi connectivity index (χ1n) is 20.1. The third kappa shape index (κ3) is 7.91. The SMILES string of the molecule is C=CC.CCc1cc2ccccc2n1-c1ccc(N(c2ccccc2)c2ccc(-c3nc4c(C(C)(C)C)ccc(C(C)(C)C)c4nc3-c3ccccc3)cc2)cc1. The van der Waals surface area contributed by atoms with Crippen molar-refractivity contribution in [3.8, 4) is 28.2 Å². The van der Waals surface area contributed by atoms with Crippen LogP contribution in [0, 0.1) is 0 Å². The fourth-order valence-electron chi connectivity index (χ4n) is 7.66. The number of rotatable bonds is 7. The van der Waals surface area contributed by atoms with Crippen LogP contribution in [0.5, 0.6) is 0 Å². The molecule has 0 atom stereocenters. The van der Waals surface area contributed by atoms with E-state index in [0.29, 0.717) is 0 Å². The summed E-state index contributed by atoms with van der Waals surface area (Å²) in [5, 5.41) is 1.26. The molecule has 4 heteroatoms. The third-order valence-corrected chi connectivity index (χ3v) is 10.4. The molecule has 8 rings (SSSR count). The van der Waals surface area contributed by atoms with Crippen LogP contribution in [0.4, 0.5) is 17.1 Å². The second-order valence-electron chi connectivity index (χ2n) is 16.7. The number of nitrogens with zero attached hydrogens (tertiary/aromatic N) is 4. The highest BCUT2D eigenvalue weighted by atomic mass is 15.1. The zero-order chi connectivity index (χ0) is 40.3. The van der Waals surface area contributed by atoms with E-state index in [1.54, 1.807) is 6.08 Å². The Labute approximate surface area is 339 Å². The van der Waals surface area contributed by atoms with Crippen molar-refractivity contribution in [1.29, 1.82) is 0 Å². The summed E-state index contributed by atoms with van der Waals surface area (Å²) in [4.78, 5) is 13.4. The standard InChI is InChI=1S/C50H48N4.C3H6/c1-8-37-33-36-19-15-16-22-44(36)54(37)41-29-27-40(28-30-41)53(38-20-13-10-14-21-38)39-25-23-35(24-26-39)46-45(34-17-11-9-12-18-34)51-47-42(49(2,3)4)31-32-43(48(47)52-46)50(5,6)7;1-3-2/h9-33H,8H2,1-7H3;3H,1H2,2H3. The molecular weight excluding hydrogens is 693 g/mol. The smallest absolute Gasteiger partial charge is 0.0973 e. The molecule has 0 aliphatic heterocycles. The van der Waals surface area contributed by atoms with E-state index in [9.17, 15) is 0 Å². The van der Waals surface area contributed by atoms with Crippen LogP contribution < -0.4 is 4.90 Å². The molecule has 2 aromatic heterocycles. The molecule has 286 valence electrons. The molecule has 0 amide bonds. The van der Waals surface area contributed by atoms with Crippen LogP contribution in [-0.2, 0) is 17.3 Å². The van der Waals surface area contributed by atoms with Gasteiger partial charge in [-0.1, -0.05) is 146 Å². The van der Waals surface area contributed by atoms with Gasteiger partial charge in [-0.2, -0.15) is 0 Å². The number of para-hydroxylation sites is 2. The molecule has 0 unspecified atom stereocenters. The molecule has 6 aromatic carbocycles. The Morgan fingerprint density at radius 2 is 1.00 bits per heavy atom. The highest BCUT2D eigenvalue weighted by molar-refractivity contribution is 5.91. The van der Waals surface area contributed by atoms with Gasteiger partial charge in [0.15, 0.2) is 0 Å². The predicted octanol–water partition coefficient (Wildman–Crippen LogP) is 14.7. The molecule has 0 bridgehead atoms. The van der Waals surface area contributed by atoms with Gasteiger partial charge in [-0.25, -0.2) is 9.97 Å². The van der Waals surface area contributed by atoms with Gasteiger partial charge in [-0.05, 0) is 96.0 Å². The topological polar surface area (TPSA) is 34.0 Å². The zero-order valence-corrected chi connectivity index (χ0v) is 34.7. The van der Waals surface area contributed by atoms with Crippen molar-refractivity contribution in [2.45, 2.75) is 72.6 Å². The fraction of sp³-hybridized carbons (Fsp3) is 0.208. The number of hydrogen-bond donors (Lipinski definition) is 0. The van der Waals surface area contributed by atoms with Crippen LogP contribution in [0.3, 0.4) is 0 Å². The Hall–Kier alpha value is -6.26. The number of anilines is 3. The first kappa shape index (κ1) is 39.0. The Morgan fingerprint density at radius 1 is 0.561 bits per heavy atom. The summed E-state index contributed by atoms with van der Waals surface area (Å²) in [7, 11) is 0. The lowest BCUT2D eigenvalue weighted by atomic mass is 9.80. The summed E-state index contributed by atoms with van der Waals surface area (Å²) < 4.78 is 2.38. The number of benzene rings is 6. The van der Waals surface area contributed by atoms with Crippen LogP contribution in [-0.4, -0.2) is 14.5 Å². The molecule has 0 aliphatic carbocycles. The van der Waals surface area contributed by atoms with Gasteiger partial charge >= 0.3 is 0 Å². The predicted molar refractivity (Wildman–Crippen MR) is 245 cm³/mol. The Morgan fingerprint density at radius 3 is 1.51 bits per heavy atom. The number of hydrogen-bond acceptors (Lipinski definition) is 3. The first-order valence-corrected chi connectivity index (χ1v) is 20.1. The van der Waals surface area contributed by atoms with Gasteiger partial charge in [0.05, 0.1) is 27.9 Å². The molecule has 2 heterocycles. The van der Waals surface area contributed by atoms with Crippen molar-refractivity contribution < 1.29 is 0 Å². The molecular formula is C53H54N4. The monoisotopic (exact) mass is 746 g/mol. The van der Waals surface area contributed by atoms with E-state index in [1.165, 1.54) is 27.7 Å². The lowest BCUT2D eigenvalue weighted by molar-refractivity contribution is 0.583. The third-order valence-electron chi connectivity index (χ3n) is 10.4. The first-order chi connectivity index (χ1) is 27.4. The molecule has 0 saturated heterocycles. The minimum absolute atomic E-state index is 0.0898. The summed E-state index contributed by atoms with van der Waals surface area (Å²) in [6.07, 6.45) is 2.71. The highest BCUT2D eigenvalue weighted by Gasteiger charge is 2.27. The van der Waals surface area contributed by atoms with Crippen LogP contribution in [0.2, 0.25) is 0 Å². The van der Waals surface area contributed by atoms with E-state index in [1.807, 2.05) is 6.92 Å². The Balaban J connectivity index is 0.00000160. The van der Waals surface area contributed by atoms with Gasteiger partial charge in [0.2, 0.25) is 0 Å². The normalized spacial score (nSPS) is 11.6. The van der Waals surface area contributed by atoms with Gasteiger partial charge in [-0.3, -0.25) is 0 Å². The van der Waals surface area contributed by atoms with E-state index in [0.717, 1.165) is 62.7 Å². The molecule has 0 aliphatic rings. The molecule has 0 spiro atoms. The van der Waals surface area contributed by atoms with Crippen molar-refractivity contribution in [3.63, 3.8) is 0 Å². The van der Waals surface area contributed by atoms with Crippen molar-refractivity contribution in [2.75, 3.05) is 4.90 Å². The maximum absolute atomic E-state index is 5.54. The molecule has 0 fully saturated rings. The molecule has 57 heavy (non-hydrogen) atoms. The van der Waals surface area contributed by atoms with E-state index < -0.39 is 0 Å². The quantitative estimate of drug-likeness (QED) is 0.152. The maximum Gasteiger partial charge on any atom is 0.0973 e. The van der Waals surface area contributed by atoms with Gasteiger partial charge in [-0.15, -0.1) is 6.58 Å². The van der Waals surface area contributed by atoms with E-state index >= 15 is 0 Å². The molecule has 8 aromatic rings. The van der Waals surface area contributed by atoms with Gasteiger partial charge in [0.25, 0.3) is 0 Å². The summed E-state index contributed by atoms with van der Waals surface area (Å²) in [5.41, 5.74) is 15.0. The van der Waals surface area contributed by atoms with Crippen molar-refractivity contribution >= 4 is 39.0 Å². The summed E-state index contributed by atoms with van der Waals surface area (Å²) in [5.74, 6) is 0. The second kappa shape index (κ2) is 16.1. The lowest BCUT2D eigenvalue weighted by Gasteiger charge is -2.27. The average molecular weight is 747 g/mol. The average Bonchev–Trinajstić information content (AvgIpc) is 3.60. The zero-order valence-electron chi connectivity index (χ0n) is 34.7. The number of aryl methyl sites for hydroxylation is 1. The molecule has 0 N–H and O–H groups in total. The number of allylic oxidation sites excluding steroid dienone is 1. The van der Waals surface area contributed by atoms with E-state index in [-0.39, 0.29) is 10.8 Å². The van der Waals surface area contributed by atoms with Crippen molar-refractivity contribution in [3.05, 3.63) is 181 Å². The van der Waals surface area contributed by atoms with Crippen LogP contribution in [0.25, 0.3) is 50.1 Å². The lowest BCUT2D eigenvalue weighted by Crippen LogP contribution is -2.17. The molecule has 4 nitrogen and oxygen atoms in total. The molecule has 0 saturated carbocycles. The Bertz CT molecular complexity index is 2620. The minimum Gasteiger partial charge on any atom is -0.314 e. The van der Waals surface area contributed by atoms with Crippen LogP contribution >= 0.6 is 0 Å². The fourth-order valence-corrected chi connectivity index (χ4v) is 7.66. The Kier molecular flexibility index (Phi) is 11.0.